The summed E-state index contributed by atoms with van der Waals surface area (Å²) in [6.45, 7) is 3.57. The van der Waals surface area contributed by atoms with Crippen LogP contribution < -0.4 is 9.47 Å². The topological polar surface area (TPSA) is 61.8 Å². The molecule has 0 saturated carbocycles. The minimum atomic E-state index is -0.460. The summed E-state index contributed by atoms with van der Waals surface area (Å²) in [6.07, 6.45) is 0.142. The van der Waals surface area contributed by atoms with Crippen LogP contribution in [0, 0.1) is 0 Å². The third kappa shape index (κ3) is 5.95. The second-order valence-corrected chi connectivity index (χ2v) is 5.81. The van der Waals surface area contributed by atoms with E-state index in [-0.39, 0.29) is 24.9 Å². The number of hydrogen-bond donors (Lipinski definition) is 0. The summed E-state index contributed by atoms with van der Waals surface area (Å²) in [6, 6.07) is 14.0. The van der Waals surface area contributed by atoms with E-state index in [4.69, 9.17) is 14.2 Å². The van der Waals surface area contributed by atoms with Gasteiger partial charge in [-0.2, -0.15) is 0 Å². The van der Waals surface area contributed by atoms with Crippen molar-refractivity contribution in [3.05, 3.63) is 59.7 Å². The number of rotatable bonds is 8. The zero-order valence-electron chi connectivity index (χ0n) is 14.7. The van der Waals surface area contributed by atoms with Crippen LogP contribution in [-0.2, 0) is 16.0 Å². The second kappa shape index (κ2) is 8.87. The first-order chi connectivity index (χ1) is 12.0. The predicted octanol–water partition coefficient (Wildman–Crippen LogP) is 3.45. The molecule has 25 heavy (non-hydrogen) atoms. The monoisotopic (exact) mass is 342 g/mol. The molecule has 0 radical (unpaired) electrons. The summed E-state index contributed by atoms with van der Waals surface area (Å²) < 4.78 is 15.8. The van der Waals surface area contributed by atoms with E-state index in [0.717, 1.165) is 5.56 Å². The van der Waals surface area contributed by atoms with Crippen LogP contribution >= 0.6 is 0 Å². The maximum Gasteiger partial charge on any atom is 0.310 e. The molecular weight excluding hydrogens is 320 g/mol. The van der Waals surface area contributed by atoms with Gasteiger partial charge in [-0.15, -0.1) is 0 Å². The number of esters is 1. The standard InChI is InChI=1S/C20H22O5/c1-14(2)25-18-9-4-6-15(10-18)11-20(22)24-13-19(21)16-7-5-8-17(12-16)23-3/h4-10,12,14H,11,13H2,1-3H3. The van der Waals surface area contributed by atoms with Gasteiger partial charge in [0.25, 0.3) is 0 Å². The van der Waals surface area contributed by atoms with E-state index in [2.05, 4.69) is 0 Å². The van der Waals surface area contributed by atoms with Crippen LogP contribution in [0.4, 0.5) is 0 Å². The maximum atomic E-state index is 12.1. The van der Waals surface area contributed by atoms with E-state index >= 15 is 0 Å². The number of Topliss-reactive ketones (excluding diaryl/α,β-unsaturated/α-hetero) is 1. The molecule has 2 aromatic carbocycles. The van der Waals surface area contributed by atoms with Crippen LogP contribution in [0.2, 0.25) is 0 Å². The molecule has 0 spiro atoms. The predicted molar refractivity (Wildman–Crippen MR) is 94.2 cm³/mol. The molecule has 5 nitrogen and oxygen atoms in total. The smallest absolute Gasteiger partial charge is 0.310 e. The van der Waals surface area contributed by atoms with Gasteiger partial charge in [0.1, 0.15) is 11.5 Å². The van der Waals surface area contributed by atoms with Crippen LogP contribution in [-0.4, -0.2) is 31.6 Å². The number of ketones is 1. The Hall–Kier alpha value is -2.82. The lowest BCUT2D eigenvalue weighted by Crippen LogP contribution is -2.16. The van der Waals surface area contributed by atoms with Gasteiger partial charge in [-0.1, -0.05) is 24.3 Å². The molecule has 0 saturated heterocycles. The lowest BCUT2D eigenvalue weighted by molar-refractivity contribution is -0.141. The first kappa shape index (κ1) is 18.5. The lowest BCUT2D eigenvalue weighted by atomic mass is 10.1. The quantitative estimate of drug-likeness (QED) is 0.543. The fraction of sp³-hybridized carbons (Fsp3) is 0.300. The summed E-state index contributed by atoms with van der Waals surface area (Å²) >= 11 is 0. The van der Waals surface area contributed by atoms with E-state index in [1.165, 1.54) is 7.11 Å². The summed E-state index contributed by atoms with van der Waals surface area (Å²) in [4.78, 5) is 24.1. The Kier molecular flexibility index (Phi) is 6.57. The molecular formula is C20H22O5. The number of carbonyl (C=O) groups excluding carboxylic acids is 2. The molecule has 0 aliphatic carbocycles. The third-order valence-corrected chi connectivity index (χ3v) is 3.37. The summed E-state index contributed by atoms with van der Waals surface area (Å²) in [5.74, 6) is 0.550. The van der Waals surface area contributed by atoms with Crippen LogP contribution in [0.5, 0.6) is 11.5 Å². The third-order valence-electron chi connectivity index (χ3n) is 3.37. The van der Waals surface area contributed by atoms with E-state index in [0.29, 0.717) is 17.1 Å². The molecule has 0 atom stereocenters. The zero-order chi connectivity index (χ0) is 18.2. The van der Waals surface area contributed by atoms with Gasteiger partial charge in [0.05, 0.1) is 19.6 Å². The summed E-state index contributed by atoms with van der Waals surface area (Å²) in [5, 5.41) is 0. The van der Waals surface area contributed by atoms with Crippen LogP contribution in [0.15, 0.2) is 48.5 Å². The number of benzene rings is 2. The van der Waals surface area contributed by atoms with Gasteiger partial charge in [0.2, 0.25) is 0 Å². The Morgan fingerprint density at radius 2 is 1.72 bits per heavy atom. The molecule has 0 aliphatic rings. The highest BCUT2D eigenvalue weighted by Gasteiger charge is 2.12. The first-order valence-corrected chi connectivity index (χ1v) is 8.06. The Balaban J connectivity index is 1.89. The minimum Gasteiger partial charge on any atom is -0.497 e. The molecule has 0 bridgehead atoms. The van der Waals surface area contributed by atoms with E-state index in [1.807, 2.05) is 32.0 Å². The largest absolute Gasteiger partial charge is 0.497 e. The number of carbonyl (C=O) groups is 2. The molecule has 5 heteroatoms. The van der Waals surface area contributed by atoms with E-state index in [9.17, 15) is 9.59 Å². The van der Waals surface area contributed by atoms with Crippen molar-refractivity contribution in [3.63, 3.8) is 0 Å². The van der Waals surface area contributed by atoms with Gasteiger partial charge < -0.3 is 14.2 Å². The Morgan fingerprint density at radius 3 is 2.44 bits per heavy atom. The normalized spacial score (nSPS) is 10.4. The molecule has 0 fully saturated rings. The van der Waals surface area contributed by atoms with Crippen LogP contribution in [0.1, 0.15) is 29.8 Å². The highest BCUT2D eigenvalue weighted by atomic mass is 16.5. The first-order valence-electron chi connectivity index (χ1n) is 8.06. The van der Waals surface area contributed by atoms with E-state index in [1.54, 1.807) is 30.3 Å². The van der Waals surface area contributed by atoms with Crippen molar-refractivity contribution < 1.29 is 23.8 Å². The van der Waals surface area contributed by atoms with Gasteiger partial charge in [-0.3, -0.25) is 9.59 Å². The second-order valence-electron chi connectivity index (χ2n) is 5.81. The van der Waals surface area contributed by atoms with Crippen molar-refractivity contribution in [1.82, 2.24) is 0 Å². The SMILES string of the molecule is COc1cccc(C(=O)COC(=O)Cc2cccc(OC(C)C)c2)c1. The minimum absolute atomic E-state index is 0.0580. The van der Waals surface area contributed by atoms with Crippen molar-refractivity contribution in [2.45, 2.75) is 26.4 Å². The molecule has 2 aromatic rings. The van der Waals surface area contributed by atoms with Gasteiger partial charge in [-0.25, -0.2) is 0 Å². The average Bonchev–Trinajstić information content (AvgIpc) is 2.59. The van der Waals surface area contributed by atoms with Crippen molar-refractivity contribution in [1.29, 1.82) is 0 Å². The number of ether oxygens (including phenoxy) is 3. The Labute approximate surface area is 147 Å². The average molecular weight is 342 g/mol. The fourth-order valence-corrected chi connectivity index (χ4v) is 2.24. The fourth-order valence-electron chi connectivity index (χ4n) is 2.24. The number of hydrogen-bond acceptors (Lipinski definition) is 5. The molecule has 0 aliphatic heterocycles. The molecule has 0 unspecified atom stereocenters. The van der Waals surface area contributed by atoms with Crippen LogP contribution in [0.25, 0.3) is 0 Å². The molecule has 2 rings (SSSR count). The maximum absolute atomic E-state index is 12.1. The summed E-state index contributed by atoms with van der Waals surface area (Å²) in [7, 11) is 1.53. The van der Waals surface area contributed by atoms with Gasteiger partial charge in [-0.05, 0) is 43.7 Å². The highest BCUT2D eigenvalue weighted by Crippen LogP contribution is 2.16. The van der Waals surface area contributed by atoms with Crippen molar-refractivity contribution in [2.75, 3.05) is 13.7 Å². The Morgan fingerprint density at radius 1 is 1.00 bits per heavy atom. The molecule has 0 heterocycles. The Bertz CT molecular complexity index is 736. The van der Waals surface area contributed by atoms with Gasteiger partial charge in [0, 0.05) is 5.56 Å². The van der Waals surface area contributed by atoms with Crippen molar-refractivity contribution in [3.8, 4) is 11.5 Å². The van der Waals surface area contributed by atoms with Crippen LogP contribution in [0.3, 0.4) is 0 Å². The van der Waals surface area contributed by atoms with Crippen molar-refractivity contribution >= 4 is 11.8 Å². The van der Waals surface area contributed by atoms with Gasteiger partial charge in [0.15, 0.2) is 12.4 Å². The highest BCUT2D eigenvalue weighted by molar-refractivity contribution is 5.98. The van der Waals surface area contributed by atoms with E-state index < -0.39 is 5.97 Å². The zero-order valence-corrected chi connectivity index (χ0v) is 14.7. The summed E-state index contributed by atoms with van der Waals surface area (Å²) in [5.41, 5.74) is 1.22. The van der Waals surface area contributed by atoms with Gasteiger partial charge >= 0.3 is 5.97 Å². The lowest BCUT2D eigenvalue weighted by Gasteiger charge is -2.11. The molecule has 0 amide bonds. The molecule has 0 aromatic heterocycles. The van der Waals surface area contributed by atoms with Crippen molar-refractivity contribution in [2.24, 2.45) is 0 Å². The molecule has 0 N–H and O–H groups in total. The number of methoxy groups -OCH3 is 1. The molecule has 132 valence electrons.